The third-order valence-corrected chi connectivity index (χ3v) is 5.08. The predicted molar refractivity (Wildman–Crippen MR) is 88.1 cm³/mol. The molecule has 2 rings (SSSR count). The summed E-state index contributed by atoms with van der Waals surface area (Å²) >= 11 is 0. The molecule has 0 heterocycles. The highest BCUT2D eigenvalue weighted by Gasteiger charge is 2.36. The molecule has 1 aromatic carbocycles. The fourth-order valence-corrected chi connectivity index (χ4v) is 3.85. The first-order valence-corrected chi connectivity index (χ1v) is 8.48. The molecule has 1 aromatic rings. The first kappa shape index (κ1) is 16.5. The van der Waals surface area contributed by atoms with Gasteiger partial charge >= 0.3 is 0 Å². The van der Waals surface area contributed by atoms with Gasteiger partial charge in [0.2, 0.25) is 0 Å². The molecule has 1 fully saturated rings. The molecule has 1 aliphatic carbocycles. The maximum absolute atomic E-state index is 13.9. The second kappa shape index (κ2) is 6.91. The van der Waals surface area contributed by atoms with Crippen molar-refractivity contribution < 1.29 is 4.39 Å². The Labute approximate surface area is 129 Å². The maximum Gasteiger partial charge on any atom is 0.129 e. The van der Waals surface area contributed by atoms with E-state index in [0.717, 1.165) is 24.1 Å². The van der Waals surface area contributed by atoms with Crippen molar-refractivity contribution in [2.24, 2.45) is 5.41 Å². The molecule has 0 radical (unpaired) electrons. The van der Waals surface area contributed by atoms with E-state index in [9.17, 15) is 4.39 Å². The van der Waals surface area contributed by atoms with Crippen molar-refractivity contribution in [1.82, 2.24) is 5.32 Å². The van der Waals surface area contributed by atoms with Gasteiger partial charge in [-0.2, -0.15) is 0 Å². The minimum Gasteiger partial charge on any atom is -0.309 e. The average Bonchev–Trinajstić information content (AvgIpc) is 2.45. The van der Waals surface area contributed by atoms with E-state index in [2.05, 4.69) is 31.3 Å². The second-order valence-electron chi connectivity index (χ2n) is 7.07. The summed E-state index contributed by atoms with van der Waals surface area (Å²) in [5.41, 5.74) is 3.11. The summed E-state index contributed by atoms with van der Waals surface area (Å²) in [6, 6.07) is 4.45. The number of nitrogens with one attached hydrogen (secondary N) is 1. The molecule has 1 saturated carbocycles. The Balaban J connectivity index is 2.35. The fraction of sp³-hybridized carbons (Fsp3) is 0.684. The van der Waals surface area contributed by atoms with Crippen molar-refractivity contribution in [2.75, 3.05) is 6.54 Å². The normalized spacial score (nSPS) is 19.5. The van der Waals surface area contributed by atoms with Gasteiger partial charge in [-0.05, 0) is 61.8 Å². The molecular formula is C19H30FN. The smallest absolute Gasteiger partial charge is 0.129 e. The third kappa shape index (κ3) is 3.66. The molecule has 0 saturated heterocycles. The summed E-state index contributed by atoms with van der Waals surface area (Å²) in [4.78, 5) is 0. The quantitative estimate of drug-likeness (QED) is 0.760. The van der Waals surface area contributed by atoms with E-state index in [0.29, 0.717) is 11.5 Å². The van der Waals surface area contributed by atoms with Gasteiger partial charge in [-0.15, -0.1) is 0 Å². The zero-order chi connectivity index (χ0) is 15.5. The molecule has 1 unspecified atom stereocenters. The zero-order valence-corrected chi connectivity index (χ0v) is 14.1. The summed E-state index contributed by atoms with van der Waals surface area (Å²) in [7, 11) is 0. The van der Waals surface area contributed by atoms with E-state index in [1.165, 1.54) is 37.7 Å². The Morgan fingerprint density at radius 2 is 1.71 bits per heavy atom. The van der Waals surface area contributed by atoms with E-state index < -0.39 is 0 Å². The highest BCUT2D eigenvalue weighted by atomic mass is 19.1. The van der Waals surface area contributed by atoms with E-state index in [1.54, 1.807) is 0 Å². The lowest BCUT2D eigenvalue weighted by Crippen LogP contribution is -2.38. The molecular weight excluding hydrogens is 261 g/mol. The van der Waals surface area contributed by atoms with Gasteiger partial charge in [0.1, 0.15) is 5.82 Å². The van der Waals surface area contributed by atoms with E-state index >= 15 is 0 Å². The van der Waals surface area contributed by atoms with Gasteiger partial charge in [0.15, 0.2) is 0 Å². The largest absolute Gasteiger partial charge is 0.309 e. The van der Waals surface area contributed by atoms with Gasteiger partial charge in [-0.3, -0.25) is 0 Å². The van der Waals surface area contributed by atoms with Crippen molar-refractivity contribution in [1.29, 1.82) is 0 Å². The Morgan fingerprint density at radius 1 is 1.14 bits per heavy atom. The number of hydrogen-bond donors (Lipinski definition) is 1. The molecule has 1 N–H and O–H groups in total. The van der Waals surface area contributed by atoms with Crippen LogP contribution in [0, 0.1) is 25.1 Å². The van der Waals surface area contributed by atoms with Crippen LogP contribution in [0.3, 0.4) is 0 Å². The maximum atomic E-state index is 13.9. The van der Waals surface area contributed by atoms with Crippen molar-refractivity contribution in [2.45, 2.75) is 72.3 Å². The van der Waals surface area contributed by atoms with E-state index in [-0.39, 0.29) is 5.82 Å². The van der Waals surface area contributed by atoms with Crippen LogP contribution in [0.15, 0.2) is 12.1 Å². The van der Waals surface area contributed by atoms with Crippen LogP contribution >= 0.6 is 0 Å². The Bertz CT molecular complexity index is 451. The summed E-state index contributed by atoms with van der Waals surface area (Å²) in [6.45, 7) is 9.40. The Kier molecular flexibility index (Phi) is 5.43. The molecule has 1 aliphatic rings. The average molecular weight is 291 g/mol. The van der Waals surface area contributed by atoms with Crippen LogP contribution in [0.5, 0.6) is 0 Å². The van der Waals surface area contributed by atoms with Crippen LogP contribution in [-0.2, 0) is 0 Å². The zero-order valence-electron chi connectivity index (χ0n) is 14.1. The van der Waals surface area contributed by atoms with Crippen LogP contribution in [-0.4, -0.2) is 6.54 Å². The predicted octanol–water partition coefficient (Wildman–Crippen LogP) is 5.45. The topological polar surface area (TPSA) is 12.0 Å². The lowest BCUT2D eigenvalue weighted by Gasteiger charge is -2.42. The van der Waals surface area contributed by atoms with Gasteiger partial charge in [0, 0.05) is 6.04 Å². The van der Waals surface area contributed by atoms with Crippen LogP contribution in [0.2, 0.25) is 0 Å². The first-order chi connectivity index (χ1) is 9.98. The summed E-state index contributed by atoms with van der Waals surface area (Å²) in [6.07, 6.45) is 7.66. The van der Waals surface area contributed by atoms with Gasteiger partial charge in [-0.1, -0.05) is 45.2 Å². The lowest BCUT2D eigenvalue weighted by molar-refractivity contribution is 0.144. The van der Waals surface area contributed by atoms with Crippen molar-refractivity contribution in [3.05, 3.63) is 34.6 Å². The highest BCUT2D eigenvalue weighted by Crippen LogP contribution is 2.46. The van der Waals surface area contributed by atoms with Gasteiger partial charge in [0.05, 0.1) is 0 Å². The molecule has 0 aromatic heterocycles. The van der Waals surface area contributed by atoms with Crippen LogP contribution in [0.1, 0.15) is 75.1 Å². The molecule has 0 spiro atoms. The van der Waals surface area contributed by atoms with Crippen LogP contribution in [0.4, 0.5) is 4.39 Å². The number of halogens is 1. The summed E-state index contributed by atoms with van der Waals surface area (Å²) < 4.78 is 13.9. The van der Waals surface area contributed by atoms with Gasteiger partial charge in [0.25, 0.3) is 0 Å². The van der Waals surface area contributed by atoms with Crippen molar-refractivity contribution in [3.8, 4) is 0 Å². The number of benzene rings is 1. The monoisotopic (exact) mass is 291 g/mol. The first-order valence-electron chi connectivity index (χ1n) is 8.48. The molecule has 1 atom stereocenters. The van der Waals surface area contributed by atoms with Gasteiger partial charge in [-0.25, -0.2) is 4.39 Å². The SMILES string of the molecule is CCCNC(c1cc(C)c(F)c(C)c1)C1(C)CCCCC1. The van der Waals surface area contributed by atoms with Crippen LogP contribution < -0.4 is 5.32 Å². The molecule has 1 nitrogen and oxygen atoms in total. The number of aryl methyl sites for hydroxylation is 2. The van der Waals surface area contributed by atoms with Gasteiger partial charge < -0.3 is 5.32 Å². The van der Waals surface area contributed by atoms with Crippen LogP contribution in [0.25, 0.3) is 0 Å². The molecule has 118 valence electrons. The highest BCUT2D eigenvalue weighted by molar-refractivity contribution is 5.33. The third-order valence-electron chi connectivity index (χ3n) is 5.08. The van der Waals surface area contributed by atoms with Crippen molar-refractivity contribution >= 4 is 0 Å². The number of hydrogen-bond acceptors (Lipinski definition) is 1. The van der Waals surface area contributed by atoms with E-state index in [1.807, 2.05) is 13.8 Å². The lowest BCUT2D eigenvalue weighted by atomic mass is 9.68. The fourth-order valence-electron chi connectivity index (χ4n) is 3.85. The van der Waals surface area contributed by atoms with Crippen molar-refractivity contribution in [3.63, 3.8) is 0 Å². The molecule has 0 bridgehead atoms. The Morgan fingerprint density at radius 3 is 2.24 bits per heavy atom. The molecule has 21 heavy (non-hydrogen) atoms. The second-order valence-corrected chi connectivity index (χ2v) is 7.07. The summed E-state index contributed by atoms with van der Waals surface area (Å²) in [5.74, 6) is -0.0539. The minimum absolute atomic E-state index is 0.0539. The standard InChI is InChI=1S/C19H30FN/c1-5-11-21-18(19(4)9-7-6-8-10-19)16-12-14(2)17(20)15(3)13-16/h12-13,18,21H,5-11H2,1-4H3. The van der Waals surface area contributed by atoms with E-state index in [4.69, 9.17) is 0 Å². The number of rotatable bonds is 5. The summed E-state index contributed by atoms with van der Waals surface area (Å²) in [5, 5.41) is 3.75. The minimum atomic E-state index is -0.0539. The Hall–Kier alpha value is -0.890. The molecule has 0 amide bonds. The molecule has 0 aliphatic heterocycles. The molecule has 2 heteroatoms.